The maximum Gasteiger partial charge on any atom is 0.128 e. The van der Waals surface area contributed by atoms with Gasteiger partial charge in [-0.15, -0.1) is 0 Å². The van der Waals surface area contributed by atoms with Crippen molar-refractivity contribution in [2.24, 2.45) is 0 Å². The highest BCUT2D eigenvalue weighted by molar-refractivity contribution is 7.80. The molecule has 0 aliphatic heterocycles. The van der Waals surface area contributed by atoms with E-state index in [-0.39, 0.29) is 5.69 Å². The third kappa shape index (κ3) is 2.28. The summed E-state index contributed by atoms with van der Waals surface area (Å²) in [5.74, 6) is -0.426. The van der Waals surface area contributed by atoms with Gasteiger partial charge in [0.05, 0.1) is 0 Å². The molecule has 1 atom stereocenters. The van der Waals surface area contributed by atoms with Gasteiger partial charge in [-0.25, -0.2) is 4.39 Å². The molecular formula is C7H7FNO2S-. The second kappa shape index (κ2) is 3.64. The highest BCUT2D eigenvalue weighted by Crippen LogP contribution is 2.13. The van der Waals surface area contributed by atoms with Crippen molar-refractivity contribution in [2.45, 2.75) is 6.92 Å². The average Bonchev–Trinajstić information content (AvgIpc) is 1.96. The summed E-state index contributed by atoms with van der Waals surface area (Å²) in [5, 5.41) is 0. The molecule has 0 aliphatic rings. The fourth-order valence-electron chi connectivity index (χ4n) is 0.753. The van der Waals surface area contributed by atoms with Crippen molar-refractivity contribution in [3.8, 4) is 0 Å². The Balaban J connectivity index is 2.89. The van der Waals surface area contributed by atoms with Crippen LogP contribution in [0.4, 0.5) is 10.1 Å². The molecule has 0 spiro atoms. The van der Waals surface area contributed by atoms with Gasteiger partial charge in [-0.2, -0.15) is 0 Å². The Morgan fingerprint density at radius 3 is 2.75 bits per heavy atom. The topological polar surface area (TPSA) is 52.2 Å². The molecule has 1 N–H and O–H groups in total. The van der Waals surface area contributed by atoms with Crippen LogP contribution in [0.2, 0.25) is 0 Å². The zero-order valence-corrected chi connectivity index (χ0v) is 7.15. The van der Waals surface area contributed by atoms with Crippen LogP contribution in [-0.2, 0) is 11.3 Å². The Morgan fingerprint density at radius 2 is 2.25 bits per heavy atom. The maximum absolute atomic E-state index is 12.8. The van der Waals surface area contributed by atoms with Gasteiger partial charge < -0.3 is 9.27 Å². The van der Waals surface area contributed by atoms with E-state index in [1.165, 1.54) is 12.1 Å². The minimum atomic E-state index is -2.40. The van der Waals surface area contributed by atoms with Gasteiger partial charge >= 0.3 is 0 Å². The molecule has 1 aromatic carbocycles. The lowest BCUT2D eigenvalue weighted by molar-refractivity contribution is 0.542. The largest absolute Gasteiger partial charge is 0.755 e. The van der Waals surface area contributed by atoms with Gasteiger partial charge in [0.15, 0.2) is 0 Å². The summed E-state index contributed by atoms with van der Waals surface area (Å²) in [6, 6.07) is 4.13. The molecular weight excluding hydrogens is 181 g/mol. The molecule has 1 aromatic rings. The van der Waals surface area contributed by atoms with Crippen LogP contribution < -0.4 is 4.72 Å². The number of rotatable bonds is 2. The number of nitrogens with one attached hydrogen (secondary N) is 1. The molecule has 0 saturated carbocycles. The quantitative estimate of drug-likeness (QED) is 0.712. The number of aryl methyl sites for hydroxylation is 1. The molecule has 0 fully saturated rings. The van der Waals surface area contributed by atoms with Crippen molar-refractivity contribution in [3.63, 3.8) is 0 Å². The van der Waals surface area contributed by atoms with Crippen LogP contribution in [0.3, 0.4) is 0 Å². The van der Waals surface area contributed by atoms with E-state index in [4.69, 9.17) is 0 Å². The van der Waals surface area contributed by atoms with Crippen LogP contribution in [0, 0.1) is 12.7 Å². The minimum Gasteiger partial charge on any atom is -0.755 e. The molecule has 5 heteroatoms. The van der Waals surface area contributed by atoms with Crippen molar-refractivity contribution >= 4 is 17.0 Å². The predicted octanol–water partition coefficient (Wildman–Crippen LogP) is 1.34. The molecule has 0 aromatic heterocycles. The molecule has 0 saturated heterocycles. The summed E-state index contributed by atoms with van der Waals surface area (Å²) in [5.41, 5.74) is 0.712. The van der Waals surface area contributed by atoms with Crippen molar-refractivity contribution in [3.05, 3.63) is 29.6 Å². The number of hydrogen-bond donors (Lipinski definition) is 1. The molecule has 0 aliphatic carbocycles. The third-order valence-corrected chi connectivity index (χ3v) is 1.78. The van der Waals surface area contributed by atoms with Crippen LogP contribution >= 0.6 is 0 Å². The first kappa shape index (κ1) is 9.15. The second-order valence-electron chi connectivity index (χ2n) is 2.30. The normalized spacial score (nSPS) is 12.6. The Bertz CT molecular complexity index is 316. The number of hydrogen-bond acceptors (Lipinski definition) is 2. The van der Waals surface area contributed by atoms with E-state index in [0.717, 1.165) is 6.07 Å². The molecule has 1 rings (SSSR count). The first-order valence-corrected chi connectivity index (χ1v) is 4.29. The number of benzene rings is 1. The second-order valence-corrected chi connectivity index (χ2v) is 2.97. The van der Waals surface area contributed by atoms with Crippen LogP contribution in [0.25, 0.3) is 0 Å². The fourth-order valence-corrected chi connectivity index (χ4v) is 1.07. The Labute approximate surface area is 72.0 Å². The van der Waals surface area contributed by atoms with E-state index in [2.05, 4.69) is 0 Å². The van der Waals surface area contributed by atoms with Gasteiger partial charge in [-0.1, -0.05) is 6.07 Å². The van der Waals surface area contributed by atoms with Crippen molar-refractivity contribution in [1.82, 2.24) is 0 Å². The smallest absolute Gasteiger partial charge is 0.128 e. The monoisotopic (exact) mass is 188 g/mol. The maximum atomic E-state index is 12.8. The van der Waals surface area contributed by atoms with E-state index < -0.39 is 17.1 Å². The molecule has 0 amide bonds. The summed E-state index contributed by atoms with van der Waals surface area (Å²) < 4.78 is 35.1. The lowest BCUT2D eigenvalue weighted by atomic mass is 10.2. The molecule has 12 heavy (non-hydrogen) atoms. The summed E-state index contributed by atoms with van der Waals surface area (Å²) in [4.78, 5) is 0. The van der Waals surface area contributed by atoms with Crippen molar-refractivity contribution in [2.75, 3.05) is 4.72 Å². The summed E-state index contributed by atoms with van der Waals surface area (Å²) in [6.07, 6.45) is 0. The SMILES string of the molecule is Cc1ccc(NS(=O)[O-])cc1F. The van der Waals surface area contributed by atoms with E-state index >= 15 is 0 Å². The molecule has 66 valence electrons. The van der Waals surface area contributed by atoms with Gasteiger partial charge in [0.1, 0.15) is 5.82 Å². The number of halogens is 1. The predicted molar refractivity (Wildman–Crippen MR) is 43.7 cm³/mol. The van der Waals surface area contributed by atoms with Gasteiger partial charge in [0, 0.05) is 17.0 Å². The van der Waals surface area contributed by atoms with E-state index in [0.29, 0.717) is 5.56 Å². The zero-order chi connectivity index (χ0) is 9.14. The summed E-state index contributed by atoms with van der Waals surface area (Å²) >= 11 is -2.40. The Hall–Kier alpha value is -0.940. The first-order valence-electron chi connectivity index (χ1n) is 3.21. The summed E-state index contributed by atoms with van der Waals surface area (Å²) in [7, 11) is 0. The fraction of sp³-hybridized carbons (Fsp3) is 0.143. The molecule has 0 radical (unpaired) electrons. The molecule has 0 heterocycles. The standard InChI is InChI=1S/C7H8FNO2S/c1-5-2-3-6(4-7(5)8)9-12(10)11/h2-4,9H,1H3,(H,10,11)/p-1. The zero-order valence-electron chi connectivity index (χ0n) is 6.33. The highest BCUT2D eigenvalue weighted by atomic mass is 32.2. The summed E-state index contributed by atoms with van der Waals surface area (Å²) in [6.45, 7) is 1.60. The van der Waals surface area contributed by atoms with Gasteiger partial charge in [0.25, 0.3) is 0 Å². The lowest BCUT2D eigenvalue weighted by Gasteiger charge is -2.08. The van der Waals surface area contributed by atoms with Gasteiger partial charge in [-0.05, 0) is 24.6 Å². The van der Waals surface area contributed by atoms with E-state index in [9.17, 15) is 13.2 Å². The van der Waals surface area contributed by atoms with E-state index in [1.54, 1.807) is 6.92 Å². The Kier molecular flexibility index (Phi) is 2.78. The van der Waals surface area contributed by atoms with Crippen LogP contribution in [0.1, 0.15) is 5.56 Å². The van der Waals surface area contributed by atoms with Crippen molar-refractivity contribution < 1.29 is 13.2 Å². The Morgan fingerprint density at radius 1 is 1.58 bits per heavy atom. The number of anilines is 1. The first-order chi connectivity index (χ1) is 5.59. The molecule has 1 unspecified atom stereocenters. The molecule has 0 bridgehead atoms. The third-order valence-electron chi connectivity index (χ3n) is 1.37. The van der Waals surface area contributed by atoms with Crippen LogP contribution in [0.15, 0.2) is 18.2 Å². The van der Waals surface area contributed by atoms with Crippen LogP contribution in [0.5, 0.6) is 0 Å². The van der Waals surface area contributed by atoms with Crippen LogP contribution in [-0.4, -0.2) is 8.76 Å². The lowest BCUT2D eigenvalue weighted by Crippen LogP contribution is -2.02. The highest BCUT2D eigenvalue weighted by Gasteiger charge is 1.97. The average molecular weight is 188 g/mol. The van der Waals surface area contributed by atoms with Gasteiger partial charge in [0.2, 0.25) is 0 Å². The van der Waals surface area contributed by atoms with E-state index in [1.807, 2.05) is 4.72 Å². The van der Waals surface area contributed by atoms with Crippen molar-refractivity contribution in [1.29, 1.82) is 0 Å². The molecule has 3 nitrogen and oxygen atoms in total. The van der Waals surface area contributed by atoms with Gasteiger partial charge in [-0.3, -0.25) is 4.21 Å². The minimum absolute atomic E-state index is 0.228.